The molecule has 86 valence electrons. The Bertz CT molecular complexity index is 452. The van der Waals surface area contributed by atoms with Crippen LogP contribution in [0.25, 0.3) is 10.1 Å². The largest absolute Gasteiger partial charge is 0.385 e. The lowest BCUT2D eigenvalue weighted by Gasteiger charge is -2.15. The first-order valence-corrected chi connectivity index (χ1v) is 6.41. The van der Waals surface area contributed by atoms with Gasteiger partial charge in [0.15, 0.2) is 0 Å². The minimum atomic E-state index is 0.438. The van der Waals surface area contributed by atoms with Gasteiger partial charge in [-0.05, 0) is 36.2 Å². The zero-order chi connectivity index (χ0) is 11.4. The van der Waals surface area contributed by atoms with Crippen LogP contribution in [0.2, 0.25) is 0 Å². The lowest BCUT2D eigenvalue weighted by molar-refractivity contribution is 0.191. The number of benzene rings is 1. The highest BCUT2D eigenvalue weighted by molar-refractivity contribution is 7.17. The van der Waals surface area contributed by atoms with Crippen LogP contribution in [0.5, 0.6) is 0 Å². The number of fused-ring (bicyclic) bond motifs is 1. The Labute approximate surface area is 100 Å². The van der Waals surface area contributed by atoms with Crippen molar-refractivity contribution in [2.45, 2.75) is 19.4 Å². The van der Waals surface area contributed by atoms with Crippen molar-refractivity contribution in [3.05, 3.63) is 29.6 Å². The highest BCUT2D eigenvalue weighted by atomic mass is 32.1. The van der Waals surface area contributed by atoms with E-state index in [0.29, 0.717) is 6.04 Å². The van der Waals surface area contributed by atoms with Crippen molar-refractivity contribution >= 4 is 27.1 Å². The third-order valence-electron chi connectivity index (χ3n) is 2.64. The van der Waals surface area contributed by atoms with Crippen LogP contribution in [0.1, 0.15) is 13.3 Å². The van der Waals surface area contributed by atoms with E-state index in [1.165, 1.54) is 15.8 Å². The van der Waals surface area contributed by atoms with Crippen LogP contribution in [-0.4, -0.2) is 19.8 Å². The van der Waals surface area contributed by atoms with Gasteiger partial charge < -0.3 is 10.1 Å². The molecule has 1 aromatic heterocycles. The van der Waals surface area contributed by atoms with Gasteiger partial charge in [0.25, 0.3) is 0 Å². The van der Waals surface area contributed by atoms with Crippen LogP contribution in [0.3, 0.4) is 0 Å². The van der Waals surface area contributed by atoms with Crippen molar-refractivity contribution in [2.24, 2.45) is 0 Å². The van der Waals surface area contributed by atoms with Crippen LogP contribution < -0.4 is 5.32 Å². The molecule has 1 heterocycles. The maximum atomic E-state index is 5.09. The van der Waals surface area contributed by atoms with Crippen molar-refractivity contribution in [1.29, 1.82) is 0 Å². The molecule has 16 heavy (non-hydrogen) atoms. The smallest absolute Gasteiger partial charge is 0.0574 e. The SMILES string of the molecule is COCCC(C)Nc1cccc2ccsc12. The molecule has 2 rings (SSSR count). The molecule has 1 atom stereocenters. The van der Waals surface area contributed by atoms with Crippen molar-refractivity contribution in [3.63, 3.8) is 0 Å². The number of methoxy groups -OCH3 is 1. The number of ether oxygens (including phenoxy) is 1. The predicted octanol–water partition coefficient (Wildman–Crippen LogP) is 3.74. The van der Waals surface area contributed by atoms with Crippen LogP contribution in [0.4, 0.5) is 5.69 Å². The molecular formula is C13H17NOS. The van der Waals surface area contributed by atoms with Crippen LogP contribution in [0.15, 0.2) is 29.6 Å². The molecule has 0 aliphatic carbocycles. The summed E-state index contributed by atoms with van der Waals surface area (Å²) in [5.41, 5.74) is 1.23. The van der Waals surface area contributed by atoms with E-state index < -0.39 is 0 Å². The summed E-state index contributed by atoms with van der Waals surface area (Å²) in [4.78, 5) is 0. The minimum Gasteiger partial charge on any atom is -0.385 e. The van der Waals surface area contributed by atoms with Gasteiger partial charge in [0.2, 0.25) is 0 Å². The molecule has 2 aromatic rings. The monoisotopic (exact) mass is 235 g/mol. The number of hydrogen-bond donors (Lipinski definition) is 1. The summed E-state index contributed by atoms with van der Waals surface area (Å²) >= 11 is 1.79. The van der Waals surface area contributed by atoms with Gasteiger partial charge in [0, 0.05) is 19.8 Å². The Hall–Kier alpha value is -1.06. The number of anilines is 1. The Morgan fingerprint density at radius 3 is 3.06 bits per heavy atom. The summed E-state index contributed by atoms with van der Waals surface area (Å²) in [7, 11) is 1.74. The lowest BCUT2D eigenvalue weighted by Crippen LogP contribution is -2.17. The van der Waals surface area contributed by atoms with Gasteiger partial charge in [-0.25, -0.2) is 0 Å². The number of hydrogen-bond acceptors (Lipinski definition) is 3. The van der Waals surface area contributed by atoms with E-state index in [2.05, 4.69) is 41.9 Å². The Morgan fingerprint density at radius 1 is 1.38 bits per heavy atom. The van der Waals surface area contributed by atoms with Gasteiger partial charge in [-0.15, -0.1) is 11.3 Å². The quantitative estimate of drug-likeness (QED) is 0.852. The second kappa shape index (κ2) is 5.32. The standard InChI is InChI=1S/C13H17NOS/c1-10(6-8-15-2)14-12-5-3-4-11-7-9-16-13(11)12/h3-5,7,9-10,14H,6,8H2,1-2H3. The first-order valence-electron chi connectivity index (χ1n) is 5.53. The zero-order valence-corrected chi connectivity index (χ0v) is 10.5. The number of nitrogens with one attached hydrogen (secondary N) is 1. The van der Waals surface area contributed by atoms with Crippen molar-refractivity contribution in [2.75, 3.05) is 19.0 Å². The molecule has 1 aromatic carbocycles. The maximum Gasteiger partial charge on any atom is 0.0574 e. The molecule has 0 aliphatic rings. The van der Waals surface area contributed by atoms with Crippen LogP contribution >= 0.6 is 11.3 Å². The second-order valence-electron chi connectivity index (χ2n) is 3.97. The van der Waals surface area contributed by atoms with Crippen molar-refractivity contribution < 1.29 is 4.74 Å². The van der Waals surface area contributed by atoms with Crippen molar-refractivity contribution in [1.82, 2.24) is 0 Å². The average Bonchev–Trinajstić information content (AvgIpc) is 2.75. The minimum absolute atomic E-state index is 0.438. The number of thiophene rings is 1. The summed E-state index contributed by atoms with van der Waals surface area (Å²) in [6.45, 7) is 2.99. The van der Waals surface area contributed by atoms with Gasteiger partial charge in [-0.1, -0.05) is 12.1 Å². The number of rotatable bonds is 5. The maximum absolute atomic E-state index is 5.09. The summed E-state index contributed by atoms with van der Waals surface area (Å²) in [6.07, 6.45) is 1.03. The van der Waals surface area contributed by atoms with Gasteiger partial charge in [-0.3, -0.25) is 0 Å². The molecule has 0 amide bonds. The molecule has 1 N–H and O–H groups in total. The molecular weight excluding hydrogens is 218 g/mol. The Morgan fingerprint density at radius 2 is 2.25 bits per heavy atom. The molecule has 2 nitrogen and oxygen atoms in total. The van der Waals surface area contributed by atoms with E-state index in [9.17, 15) is 0 Å². The molecule has 0 aliphatic heterocycles. The normalized spacial score (nSPS) is 12.9. The topological polar surface area (TPSA) is 21.3 Å². The highest BCUT2D eigenvalue weighted by Crippen LogP contribution is 2.29. The van der Waals surface area contributed by atoms with E-state index in [1.54, 1.807) is 18.4 Å². The Balaban J connectivity index is 2.11. The molecule has 1 unspecified atom stereocenters. The summed E-state index contributed by atoms with van der Waals surface area (Å²) in [5.74, 6) is 0. The predicted molar refractivity (Wildman–Crippen MR) is 71.4 cm³/mol. The van der Waals surface area contributed by atoms with E-state index in [1.807, 2.05) is 0 Å². The molecule has 0 spiro atoms. The third-order valence-corrected chi connectivity index (χ3v) is 3.60. The fraction of sp³-hybridized carbons (Fsp3) is 0.385. The molecule has 0 radical (unpaired) electrons. The first-order chi connectivity index (χ1) is 7.81. The van der Waals surface area contributed by atoms with E-state index in [4.69, 9.17) is 4.74 Å². The van der Waals surface area contributed by atoms with Gasteiger partial charge in [-0.2, -0.15) is 0 Å². The molecule has 3 heteroatoms. The molecule has 0 fully saturated rings. The molecule has 0 bridgehead atoms. The fourth-order valence-electron chi connectivity index (χ4n) is 1.74. The fourth-order valence-corrected chi connectivity index (χ4v) is 2.62. The van der Waals surface area contributed by atoms with Crippen LogP contribution in [0, 0.1) is 0 Å². The highest BCUT2D eigenvalue weighted by Gasteiger charge is 2.05. The summed E-state index contributed by atoms with van der Waals surface area (Å²) in [5, 5.41) is 6.98. The van der Waals surface area contributed by atoms with Gasteiger partial charge >= 0.3 is 0 Å². The molecule has 0 saturated heterocycles. The first kappa shape index (κ1) is 11.4. The van der Waals surface area contributed by atoms with E-state index in [0.717, 1.165) is 13.0 Å². The van der Waals surface area contributed by atoms with E-state index in [-0.39, 0.29) is 0 Å². The second-order valence-corrected chi connectivity index (χ2v) is 4.89. The van der Waals surface area contributed by atoms with Crippen molar-refractivity contribution in [3.8, 4) is 0 Å². The average molecular weight is 235 g/mol. The van der Waals surface area contributed by atoms with Gasteiger partial charge in [0.1, 0.15) is 0 Å². The Kier molecular flexibility index (Phi) is 3.80. The van der Waals surface area contributed by atoms with Crippen LogP contribution in [-0.2, 0) is 4.74 Å². The lowest BCUT2D eigenvalue weighted by atomic mass is 10.2. The summed E-state index contributed by atoms with van der Waals surface area (Å²) < 4.78 is 6.42. The van der Waals surface area contributed by atoms with E-state index >= 15 is 0 Å². The third kappa shape index (κ3) is 2.54. The van der Waals surface area contributed by atoms with Gasteiger partial charge in [0.05, 0.1) is 10.4 Å². The molecule has 0 saturated carbocycles. The zero-order valence-electron chi connectivity index (χ0n) is 9.69. The summed E-state index contributed by atoms with van der Waals surface area (Å²) in [6, 6.07) is 8.98.